The van der Waals surface area contributed by atoms with E-state index in [9.17, 15) is 9.65 Å². The van der Waals surface area contributed by atoms with E-state index in [0.29, 0.717) is 12.1 Å². The average Bonchev–Trinajstić information content (AvgIpc) is 2.49. The van der Waals surface area contributed by atoms with Crippen LogP contribution < -0.4 is 0 Å². The number of pyridine rings is 1. The van der Waals surface area contributed by atoms with Gasteiger partial charge in [0.2, 0.25) is 0 Å². The molecule has 2 aromatic rings. The Bertz CT molecular complexity index is 592. The van der Waals surface area contributed by atoms with Crippen LogP contribution in [0.25, 0.3) is 0 Å². The third-order valence-corrected chi connectivity index (χ3v) is 3.27. The second-order valence-corrected chi connectivity index (χ2v) is 4.64. The van der Waals surface area contributed by atoms with E-state index >= 15 is 0 Å². The van der Waals surface area contributed by atoms with E-state index in [1.165, 1.54) is 6.07 Å². The predicted molar refractivity (Wildman–Crippen MR) is 75.3 cm³/mol. The molecule has 2 rings (SSSR count). The van der Waals surface area contributed by atoms with Crippen LogP contribution in [0.5, 0.6) is 0 Å². The second kappa shape index (κ2) is 6.78. The van der Waals surface area contributed by atoms with Gasteiger partial charge in [0.15, 0.2) is 0 Å². The van der Waals surface area contributed by atoms with Crippen molar-refractivity contribution in [1.29, 1.82) is 5.26 Å². The normalized spacial score (nSPS) is 12.1. The number of likely N-dealkylation sites (N-methyl/N-ethyl adjacent to an activating group) is 1. The van der Waals surface area contributed by atoms with Crippen molar-refractivity contribution >= 4 is 0 Å². The van der Waals surface area contributed by atoms with E-state index in [-0.39, 0.29) is 5.82 Å². The van der Waals surface area contributed by atoms with Gasteiger partial charge in [-0.15, -0.1) is 0 Å². The van der Waals surface area contributed by atoms with Crippen LogP contribution in [-0.4, -0.2) is 23.5 Å². The first-order chi connectivity index (χ1) is 9.72. The molecule has 1 aromatic carbocycles. The van der Waals surface area contributed by atoms with Gasteiger partial charge in [0, 0.05) is 24.5 Å². The molecule has 0 saturated heterocycles. The molecule has 1 atom stereocenters. The first-order valence-corrected chi connectivity index (χ1v) is 6.45. The number of benzene rings is 1. The zero-order chi connectivity index (χ0) is 14.4. The van der Waals surface area contributed by atoms with Crippen LogP contribution in [0.1, 0.15) is 17.2 Å². The molecule has 20 heavy (non-hydrogen) atoms. The van der Waals surface area contributed by atoms with Gasteiger partial charge in [-0.2, -0.15) is 5.26 Å². The van der Waals surface area contributed by atoms with Gasteiger partial charge >= 0.3 is 0 Å². The molecule has 0 amide bonds. The summed E-state index contributed by atoms with van der Waals surface area (Å²) in [4.78, 5) is 5.83. The fraction of sp³-hybridized carbons (Fsp3) is 0.250. The molecule has 1 unspecified atom stereocenters. The Hall–Kier alpha value is -2.25. The first-order valence-electron chi connectivity index (χ1n) is 6.45. The Labute approximate surface area is 118 Å². The maximum Gasteiger partial charge on any atom is 0.129 e. The summed E-state index contributed by atoms with van der Waals surface area (Å²) in [5, 5.41) is 9.30. The maximum absolute atomic E-state index is 13.8. The van der Waals surface area contributed by atoms with Gasteiger partial charge in [-0.05, 0) is 37.2 Å². The lowest BCUT2D eigenvalue weighted by atomic mass is 10.1. The zero-order valence-electron chi connectivity index (χ0n) is 11.3. The highest BCUT2D eigenvalue weighted by Gasteiger charge is 2.19. The van der Waals surface area contributed by atoms with Gasteiger partial charge in [-0.1, -0.05) is 18.2 Å². The van der Waals surface area contributed by atoms with E-state index in [2.05, 4.69) is 11.1 Å². The molecule has 0 aliphatic carbocycles. The molecule has 0 spiro atoms. The van der Waals surface area contributed by atoms with Gasteiger partial charge in [0.1, 0.15) is 11.9 Å². The largest absolute Gasteiger partial charge is 0.287 e. The second-order valence-electron chi connectivity index (χ2n) is 4.64. The van der Waals surface area contributed by atoms with Crippen LogP contribution in [0, 0.1) is 17.1 Å². The minimum atomic E-state index is -0.571. The van der Waals surface area contributed by atoms with Gasteiger partial charge in [0.25, 0.3) is 0 Å². The summed E-state index contributed by atoms with van der Waals surface area (Å²) >= 11 is 0. The summed E-state index contributed by atoms with van der Waals surface area (Å²) in [5.74, 6) is -0.338. The molecule has 0 aliphatic heterocycles. The molecule has 0 aliphatic rings. The fourth-order valence-electron chi connectivity index (χ4n) is 2.09. The number of hydrogen-bond acceptors (Lipinski definition) is 3. The Morgan fingerprint density at radius 3 is 2.60 bits per heavy atom. The highest BCUT2D eigenvalue weighted by Crippen LogP contribution is 2.21. The predicted octanol–water partition coefficient (Wildman–Crippen LogP) is 2.96. The van der Waals surface area contributed by atoms with Crippen LogP contribution in [0.15, 0.2) is 48.8 Å². The number of halogens is 1. The van der Waals surface area contributed by atoms with Gasteiger partial charge < -0.3 is 0 Å². The molecule has 0 radical (unpaired) electrons. The monoisotopic (exact) mass is 269 g/mol. The van der Waals surface area contributed by atoms with E-state index < -0.39 is 6.04 Å². The van der Waals surface area contributed by atoms with Crippen molar-refractivity contribution in [2.75, 3.05) is 13.6 Å². The Kier molecular flexibility index (Phi) is 4.80. The number of hydrogen-bond donors (Lipinski definition) is 0. The van der Waals surface area contributed by atoms with Crippen LogP contribution in [0.2, 0.25) is 0 Å². The number of aromatic nitrogens is 1. The summed E-state index contributed by atoms with van der Waals surface area (Å²) in [6, 6.07) is 11.9. The average molecular weight is 269 g/mol. The zero-order valence-corrected chi connectivity index (χ0v) is 11.3. The van der Waals surface area contributed by atoms with Crippen LogP contribution >= 0.6 is 0 Å². The Morgan fingerprint density at radius 1 is 1.25 bits per heavy atom. The Morgan fingerprint density at radius 2 is 1.95 bits per heavy atom. The molecule has 4 heteroatoms. The lowest BCUT2D eigenvalue weighted by molar-refractivity contribution is 0.289. The highest BCUT2D eigenvalue weighted by molar-refractivity contribution is 5.26. The third kappa shape index (κ3) is 3.40. The molecule has 0 N–H and O–H groups in total. The summed E-state index contributed by atoms with van der Waals surface area (Å²) in [7, 11) is 1.83. The number of nitrogens with zero attached hydrogens (tertiary/aromatic N) is 3. The standard InChI is InChI=1S/C16H16FN3/c1-20(11-8-13-6-9-19-10-7-13)16(12-18)14-4-2-3-5-15(14)17/h2-7,9-10,16H,8,11H2,1H3. The van der Waals surface area contributed by atoms with Gasteiger partial charge in [-0.3, -0.25) is 9.88 Å². The lowest BCUT2D eigenvalue weighted by Gasteiger charge is -2.23. The summed E-state index contributed by atoms with van der Waals surface area (Å²) in [6.07, 6.45) is 4.29. The van der Waals surface area contributed by atoms with E-state index in [1.807, 2.05) is 24.1 Å². The third-order valence-electron chi connectivity index (χ3n) is 3.27. The van der Waals surface area contributed by atoms with Gasteiger partial charge in [-0.25, -0.2) is 4.39 Å². The quantitative estimate of drug-likeness (QED) is 0.837. The molecule has 0 bridgehead atoms. The van der Waals surface area contributed by atoms with E-state index in [4.69, 9.17) is 0 Å². The maximum atomic E-state index is 13.8. The van der Waals surface area contributed by atoms with E-state index in [0.717, 1.165) is 12.0 Å². The van der Waals surface area contributed by atoms with Crippen molar-refractivity contribution < 1.29 is 4.39 Å². The fourth-order valence-corrected chi connectivity index (χ4v) is 2.09. The minimum absolute atomic E-state index is 0.338. The smallest absolute Gasteiger partial charge is 0.129 e. The van der Waals surface area contributed by atoms with Crippen molar-refractivity contribution in [1.82, 2.24) is 9.88 Å². The summed E-state index contributed by atoms with van der Waals surface area (Å²) in [6.45, 7) is 0.677. The SMILES string of the molecule is CN(CCc1ccncc1)C(C#N)c1ccccc1F. The summed E-state index contributed by atoms with van der Waals surface area (Å²) < 4.78 is 13.8. The minimum Gasteiger partial charge on any atom is -0.287 e. The van der Waals surface area contributed by atoms with Crippen molar-refractivity contribution in [3.63, 3.8) is 0 Å². The van der Waals surface area contributed by atoms with Crippen LogP contribution in [0.4, 0.5) is 4.39 Å². The molecule has 102 valence electrons. The molecule has 0 saturated carbocycles. The van der Waals surface area contributed by atoms with Crippen LogP contribution in [-0.2, 0) is 6.42 Å². The van der Waals surface area contributed by atoms with Crippen molar-refractivity contribution in [2.45, 2.75) is 12.5 Å². The lowest BCUT2D eigenvalue weighted by Crippen LogP contribution is -2.26. The highest BCUT2D eigenvalue weighted by atomic mass is 19.1. The topological polar surface area (TPSA) is 39.9 Å². The molecule has 1 heterocycles. The van der Waals surface area contributed by atoms with Crippen molar-refractivity contribution in [2.24, 2.45) is 0 Å². The molecular formula is C16H16FN3. The van der Waals surface area contributed by atoms with Crippen molar-refractivity contribution in [3.8, 4) is 6.07 Å². The molecular weight excluding hydrogens is 253 g/mol. The molecule has 0 fully saturated rings. The van der Waals surface area contributed by atoms with Crippen molar-refractivity contribution in [3.05, 3.63) is 65.7 Å². The van der Waals surface area contributed by atoms with E-state index in [1.54, 1.807) is 30.6 Å². The van der Waals surface area contributed by atoms with Gasteiger partial charge in [0.05, 0.1) is 6.07 Å². The summed E-state index contributed by atoms with van der Waals surface area (Å²) in [5.41, 5.74) is 1.57. The number of rotatable bonds is 5. The Balaban J connectivity index is 2.05. The first kappa shape index (κ1) is 14.2. The molecule has 1 aromatic heterocycles. The molecule has 3 nitrogen and oxygen atoms in total. The van der Waals surface area contributed by atoms with Crippen LogP contribution in [0.3, 0.4) is 0 Å². The number of nitriles is 1.